The monoisotopic (exact) mass is 601 g/mol. The first kappa shape index (κ1) is 24.9. The number of nitrogens with zero attached hydrogens (tertiary/aromatic N) is 1. The summed E-state index contributed by atoms with van der Waals surface area (Å²) in [5, 5.41) is 5.53. The summed E-state index contributed by atoms with van der Waals surface area (Å²) >= 11 is 0.357. The summed E-state index contributed by atoms with van der Waals surface area (Å²) in [4.78, 5) is 2.30. The summed E-state index contributed by atoms with van der Waals surface area (Å²) in [7, 11) is 0. The molecular formula is C40H27NSe. The first-order valence-corrected chi connectivity index (χ1v) is 16.0. The van der Waals surface area contributed by atoms with Gasteiger partial charge in [-0.15, -0.1) is 0 Å². The van der Waals surface area contributed by atoms with Crippen LogP contribution < -0.4 is 4.90 Å². The Kier molecular flexibility index (Phi) is 6.22. The number of benzene rings is 7. The van der Waals surface area contributed by atoms with E-state index >= 15 is 0 Å². The van der Waals surface area contributed by atoms with Gasteiger partial charge in [-0.1, -0.05) is 36.4 Å². The number of fused-ring (bicyclic) bond motifs is 5. The molecule has 0 aliphatic rings. The molecule has 8 rings (SSSR count). The fourth-order valence-electron chi connectivity index (χ4n) is 5.97. The molecule has 2 heteroatoms. The number of rotatable bonds is 5. The van der Waals surface area contributed by atoms with Crippen molar-refractivity contribution >= 4 is 61.6 Å². The Labute approximate surface area is 251 Å². The van der Waals surface area contributed by atoms with Gasteiger partial charge in [0, 0.05) is 11.4 Å². The van der Waals surface area contributed by atoms with Crippen LogP contribution in [-0.2, 0) is 0 Å². The minimum absolute atomic E-state index is 0.357. The Morgan fingerprint density at radius 1 is 0.357 bits per heavy atom. The second-order valence-corrected chi connectivity index (χ2v) is 12.8. The van der Waals surface area contributed by atoms with Crippen LogP contribution in [0.5, 0.6) is 0 Å². The molecule has 0 bridgehead atoms. The van der Waals surface area contributed by atoms with Gasteiger partial charge in [-0.05, 0) is 24.3 Å². The Balaban J connectivity index is 1.14. The van der Waals surface area contributed by atoms with Gasteiger partial charge < -0.3 is 4.90 Å². The molecular weight excluding hydrogens is 573 g/mol. The van der Waals surface area contributed by atoms with E-state index < -0.39 is 0 Å². The molecule has 7 aromatic carbocycles. The maximum Gasteiger partial charge on any atom is -0.0380 e. The van der Waals surface area contributed by atoms with Crippen LogP contribution in [0.25, 0.3) is 52.3 Å². The minimum atomic E-state index is 0.357. The molecule has 1 heterocycles. The zero-order valence-corrected chi connectivity index (χ0v) is 24.7. The van der Waals surface area contributed by atoms with Crippen LogP contribution in [0.2, 0.25) is 0 Å². The van der Waals surface area contributed by atoms with E-state index in [1.165, 1.54) is 52.3 Å². The van der Waals surface area contributed by atoms with E-state index in [4.69, 9.17) is 0 Å². The van der Waals surface area contributed by atoms with E-state index in [0.717, 1.165) is 17.1 Å². The molecule has 0 aliphatic carbocycles. The summed E-state index contributed by atoms with van der Waals surface area (Å²) in [6.45, 7) is 0. The van der Waals surface area contributed by atoms with E-state index in [0.29, 0.717) is 14.5 Å². The third-order valence-corrected chi connectivity index (χ3v) is 10.6. The van der Waals surface area contributed by atoms with Crippen molar-refractivity contribution in [3.8, 4) is 22.3 Å². The van der Waals surface area contributed by atoms with E-state index in [1.54, 1.807) is 0 Å². The number of hydrogen-bond donors (Lipinski definition) is 0. The molecule has 8 aromatic rings. The quantitative estimate of drug-likeness (QED) is 0.178. The molecule has 0 saturated carbocycles. The Morgan fingerprint density at radius 2 is 0.929 bits per heavy atom. The second-order valence-electron chi connectivity index (χ2n) is 10.6. The summed E-state index contributed by atoms with van der Waals surface area (Å²) < 4.78 is 3.01. The maximum atomic E-state index is 2.36. The van der Waals surface area contributed by atoms with Crippen LogP contribution in [0.3, 0.4) is 0 Å². The van der Waals surface area contributed by atoms with Crippen LogP contribution >= 0.6 is 0 Å². The smallest absolute Gasteiger partial charge is 0.0380 e. The SMILES string of the molecule is c1ccc(N(c2ccccc2)c2ccc(-c3cccc(-c4ccc5c(ccc6c7ccccc7[se]c56)c4)c3)cc2)cc1. The van der Waals surface area contributed by atoms with Gasteiger partial charge >= 0.3 is 176 Å². The summed E-state index contributed by atoms with van der Waals surface area (Å²) in [6.07, 6.45) is 0. The number of hydrogen-bond acceptors (Lipinski definition) is 1. The van der Waals surface area contributed by atoms with Gasteiger partial charge in [0.05, 0.1) is 0 Å². The van der Waals surface area contributed by atoms with Crippen molar-refractivity contribution in [1.82, 2.24) is 0 Å². The number of para-hydroxylation sites is 2. The molecule has 0 saturated heterocycles. The molecule has 0 amide bonds. The molecule has 0 N–H and O–H groups in total. The van der Waals surface area contributed by atoms with Gasteiger partial charge in [-0.2, -0.15) is 0 Å². The molecule has 0 atom stereocenters. The molecule has 198 valence electrons. The maximum absolute atomic E-state index is 2.36. The fraction of sp³-hybridized carbons (Fsp3) is 0. The molecule has 0 aliphatic heterocycles. The molecule has 1 aromatic heterocycles. The Bertz CT molecular complexity index is 2140. The van der Waals surface area contributed by atoms with Gasteiger partial charge in [-0.3, -0.25) is 0 Å². The summed E-state index contributed by atoms with van der Waals surface area (Å²) in [5.74, 6) is 0. The van der Waals surface area contributed by atoms with E-state index in [2.05, 4.69) is 169 Å². The molecule has 0 spiro atoms. The third kappa shape index (κ3) is 4.43. The predicted octanol–water partition coefficient (Wildman–Crippen LogP) is 11.0. The van der Waals surface area contributed by atoms with E-state index in [1.807, 2.05) is 0 Å². The number of anilines is 3. The van der Waals surface area contributed by atoms with Crippen molar-refractivity contribution in [3.05, 3.63) is 164 Å². The average Bonchev–Trinajstić information content (AvgIpc) is 3.45. The van der Waals surface area contributed by atoms with Crippen LogP contribution in [0.15, 0.2) is 164 Å². The Morgan fingerprint density at radius 3 is 1.67 bits per heavy atom. The standard InChI is InChI=1S/C40H27NSe/c1-3-12-33(13-4-1)41(34-14-5-2-6-15-34)35-22-18-28(19-23-35)29-10-9-11-30(26-29)31-20-24-36-32(27-31)21-25-38-37-16-7-8-17-39(37)42-40(36)38/h1-27H. The first-order valence-electron chi connectivity index (χ1n) is 14.3. The largest absolute Gasteiger partial charge is 0.0602 e. The van der Waals surface area contributed by atoms with Crippen molar-refractivity contribution in [2.75, 3.05) is 4.90 Å². The summed E-state index contributed by atoms with van der Waals surface area (Å²) in [5.41, 5.74) is 8.35. The van der Waals surface area contributed by atoms with Crippen molar-refractivity contribution in [2.24, 2.45) is 0 Å². The van der Waals surface area contributed by atoms with Gasteiger partial charge in [0.25, 0.3) is 0 Å². The van der Waals surface area contributed by atoms with Crippen molar-refractivity contribution < 1.29 is 0 Å². The van der Waals surface area contributed by atoms with Gasteiger partial charge in [0.15, 0.2) is 0 Å². The summed E-state index contributed by atoms with van der Waals surface area (Å²) in [6, 6.07) is 59.4. The first-order chi connectivity index (χ1) is 20.8. The molecule has 0 fully saturated rings. The van der Waals surface area contributed by atoms with Crippen molar-refractivity contribution in [1.29, 1.82) is 0 Å². The molecule has 1 nitrogen and oxygen atoms in total. The molecule has 0 radical (unpaired) electrons. The van der Waals surface area contributed by atoms with Gasteiger partial charge in [-0.25, -0.2) is 0 Å². The normalized spacial score (nSPS) is 11.3. The third-order valence-electron chi connectivity index (χ3n) is 8.04. The fourth-order valence-corrected chi connectivity index (χ4v) is 8.57. The molecule has 0 unspecified atom stereocenters. The van der Waals surface area contributed by atoms with Crippen LogP contribution in [0.1, 0.15) is 0 Å². The van der Waals surface area contributed by atoms with E-state index in [-0.39, 0.29) is 0 Å². The average molecular weight is 601 g/mol. The van der Waals surface area contributed by atoms with Crippen molar-refractivity contribution in [2.45, 2.75) is 0 Å². The topological polar surface area (TPSA) is 3.24 Å². The zero-order valence-electron chi connectivity index (χ0n) is 22.9. The van der Waals surface area contributed by atoms with Crippen LogP contribution in [0.4, 0.5) is 17.1 Å². The van der Waals surface area contributed by atoms with Gasteiger partial charge in [0.2, 0.25) is 0 Å². The van der Waals surface area contributed by atoms with Crippen molar-refractivity contribution in [3.63, 3.8) is 0 Å². The Hall–Kier alpha value is -4.88. The second kappa shape index (κ2) is 10.5. The van der Waals surface area contributed by atoms with Gasteiger partial charge in [0.1, 0.15) is 0 Å². The minimum Gasteiger partial charge on any atom is -0.0602 e. The van der Waals surface area contributed by atoms with Crippen LogP contribution in [0, 0.1) is 0 Å². The van der Waals surface area contributed by atoms with E-state index in [9.17, 15) is 0 Å². The molecule has 42 heavy (non-hydrogen) atoms. The zero-order chi connectivity index (χ0) is 27.9. The van der Waals surface area contributed by atoms with Crippen LogP contribution in [-0.4, -0.2) is 14.5 Å². The predicted molar refractivity (Wildman–Crippen MR) is 181 cm³/mol.